The van der Waals surface area contributed by atoms with Gasteiger partial charge in [-0.05, 0) is 18.2 Å². The molecule has 0 aromatic heterocycles. The number of carbonyl (C=O) groups excluding carboxylic acids is 3. The number of hydrogen-bond acceptors (Lipinski definition) is 7. The lowest BCUT2D eigenvalue weighted by Crippen LogP contribution is -2.37. The second-order valence-corrected chi connectivity index (χ2v) is 6.66. The summed E-state index contributed by atoms with van der Waals surface area (Å²) >= 11 is 1.23. The van der Waals surface area contributed by atoms with Crippen molar-refractivity contribution in [2.45, 2.75) is 4.90 Å². The molecule has 1 aliphatic heterocycles. The third-order valence-electron chi connectivity index (χ3n) is 3.93. The maximum atomic E-state index is 12.5. The highest BCUT2D eigenvalue weighted by molar-refractivity contribution is 7.99. The van der Waals surface area contributed by atoms with Crippen LogP contribution in [0.15, 0.2) is 47.4 Å². The van der Waals surface area contributed by atoms with Crippen molar-refractivity contribution >= 4 is 40.9 Å². The quantitative estimate of drug-likeness (QED) is 0.343. The van der Waals surface area contributed by atoms with Gasteiger partial charge in [0.2, 0.25) is 5.91 Å². The van der Waals surface area contributed by atoms with Gasteiger partial charge in [-0.15, -0.1) is 11.8 Å². The van der Waals surface area contributed by atoms with Gasteiger partial charge in [0.15, 0.2) is 0 Å². The maximum Gasteiger partial charge on any atom is 0.282 e. The summed E-state index contributed by atoms with van der Waals surface area (Å²) in [6.45, 7) is -0.583. The van der Waals surface area contributed by atoms with Gasteiger partial charge in [0.25, 0.3) is 17.5 Å². The topological polar surface area (TPSA) is 133 Å². The molecule has 0 aliphatic carbocycles. The fourth-order valence-corrected chi connectivity index (χ4v) is 3.42. The average Bonchev–Trinajstić information content (AvgIpc) is 2.92. The van der Waals surface area contributed by atoms with E-state index in [1.165, 1.54) is 23.9 Å². The molecule has 0 fully saturated rings. The zero-order valence-corrected chi connectivity index (χ0v) is 15.1. The Kier molecular flexibility index (Phi) is 5.37. The third-order valence-corrected chi connectivity index (χ3v) is 4.87. The molecule has 2 aromatic carbocycles. The molecule has 0 radical (unpaired) electrons. The van der Waals surface area contributed by atoms with Crippen LogP contribution in [0.3, 0.4) is 0 Å². The van der Waals surface area contributed by atoms with Crippen LogP contribution in [0.5, 0.6) is 0 Å². The molecule has 3 rings (SSSR count). The normalized spacial score (nSPS) is 12.5. The number of nitro benzene ring substituents is 1. The molecule has 1 heterocycles. The number of rotatable bonds is 6. The summed E-state index contributed by atoms with van der Waals surface area (Å²) in [6, 6.07) is 12.5. The number of carbonyl (C=O) groups is 3. The molecule has 10 heteroatoms. The fraction of sp³-hybridized carbons (Fsp3) is 0.111. The van der Waals surface area contributed by atoms with Crippen LogP contribution in [0.2, 0.25) is 0 Å². The fourth-order valence-electron chi connectivity index (χ4n) is 2.75. The van der Waals surface area contributed by atoms with E-state index in [0.717, 1.165) is 6.07 Å². The highest BCUT2D eigenvalue weighted by atomic mass is 32.2. The monoisotopic (exact) mass is 396 g/mol. The molecule has 140 valence electrons. The van der Waals surface area contributed by atoms with Gasteiger partial charge in [0.05, 0.1) is 28.0 Å². The van der Waals surface area contributed by atoms with E-state index in [1.54, 1.807) is 24.3 Å². The summed E-state index contributed by atoms with van der Waals surface area (Å²) in [6.07, 6.45) is 0. The molecule has 2 aromatic rings. The van der Waals surface area contributed by atoms with E-state index in [2.05, 4.69) is 5.32 Å². The van der Waals surface area contributed by atoms with E-state index in [4.69, 9.17) is 5.26 Å². The van der Waals surface area contributed by atoms with E-state index >= 15 is 0 Å². The number of amides is 3. The number of fused-ring (bicyclic) bond motifs is 1. The molecule has 0 spiro atoms. The summed E-state index contributed by atoms with van der Waals surface area (Å²) in [5, 5.41) is 22.4. The van der Waals surface area contributed by atoms with Crippen molar-refractivity contribution in [3.05, 3.63) is 63.7 Å². The number of hydrogen-bond donors (Lipinski definition) is 1. The largest absolute Gasteiger partial charge is 0.324 e. The Morgan fingerprint density at radius 1 is 1.18 bits per heavy atom. The Balaban J connectivity index is 1.78. The first-order chi connectivity index (χ1) is 13.4. The molecule has 1 N–H and O–H groups in total. The van der Waals surface area contributed by atoms with Gasteiger partial charge < -0.3 is 5.32 Å². The van der Waals surface area contributed by atoms with Gasteiger partial charge in [-0.3, -0.25) is 29.4 Å². The minimum atomic E-state index is -0.880. The smallest absolute Gasteiger partial charge is 0.282 e. The van der Waals surface area contributed by atoms with Crippen LogP contribution in [-0.4, -0.2) is 39.8 Å². The van der Waals surface area contributed by atoms with Crippen molar-refractivity contribution in [1.82, 2.24) is 4.90 Å². The average molecular weight is 396 g/mol. The minimum Gasteiger partial charge on any atom is -0.324 e. The van der Waals surface area contributed by atoms with Crippen LogP contribution in [-0.2, 0) is 4.79 Å². The van der Waals surface area contributed by atoms with Gasteiger partial charge in [0, 0.05) is 11.0 Å². The van der Waals surface area contributed by atoms with E-state index < -0.39 is 34.9 Å². The Morgan fingerprint density at radius 3 is 2.64 bits per heavy atom. The minimum absolute atomic E-state index is 0.100. The number of thioether (sulfide) groups is 1. The van der Waals surface area contributed by atoms with Gasteiger partial charge in [0.1, 0.15) is 12.1 Å². The molecule has 28 heavy (non-hydrogen) atoms. The van der Waals surface area contributed by atoms with Crippen molar-refractivity contribution in [2.24, 2.45) is 0 Å². The number of nitriles is 1. The van der Waals surface area contributed by atoms with Crippen molar-refractivity contribution in [3.63, 3.8) is 0 Å². The highest BCUT2D eigenvalue weighted by Crippen LogP contribution is 2.31. The number of nitrogens with zero attached hydrogens (tertiary/aromatic N) is 3. The van der Waals surface area contributed by atoms with Gasteiger partial charge >= 0.3 is 0 Å². The second kappa shape index (κ2) is 7.89. The first-order valence-electron chi connectivity index (χ1n) is 7.96. The van der Waals surface area contributed by atoms with Gasteiger partial charge in [-0.1, -0.05) is 18.2 Å². The van der Waals surface area contributed by atoms with Crippen LogP contribution in [0.1, 0.15) is 20.7 Å². The third kappa shape index (κ3) is 3.56. The number of nitro groups is 1. The zero-order chi connectivity index (χ0) is 20.3. The van der Waals surface area contributed by atoms with E-state index in [9.17, 15) is 24.5 Å². The predicted octanol–water partition coefficient (Wildman–Crippen LogP) is 2.45. The van der Waals surface area contributed by atoms with Crippen molar-refractivity contribution in [1.29, 1.82) is 5.26 Å². The first kappa shape index (κ1) is 19.1. The summed E-state index contributed by atoms with van der Waals surface area (Å²) < 4.78 is 0. The van der Waals surface area contributed by atoms with Gasteiger partial charge in [-0.2, -0.15) is 5.26 Å². The Labute approximate surface area is 163 Å². The number of nitrogens with one attached hydrogen (secondary N) is 1. The van der Waals surface area contributed by atoms with Crippen molar-refractivity contribution < 1.29 is 19.3 Å². The SMILES string of the molecule is N#CCSc1ccccc1NC(=O)CN1C(=O)c2cccc([N+](=O)[O-])c2C1=O. The van der Waals surface area contributed by atoms with E-state index in [0.29, 0.717) is 15.5 Å². The standard InChI is InChI=1S/C18H12N4O5S/c19-8-9-28-14-7-2-1-5-12(14)20-15(23)10-21-17(24)11-4-3-6-13(22(26)27)16(11)18(21)25/h1-7H,9-10H2,(H,20,23). The number of para-hydroxylation sites is 1. The molecule has 0 atom stereocenters. The van der Waals surface area contributed by atoms with Crippen LogP contribution in [0, 0.1) is 21.4 Å². The summed E-state index contributed by atoms with van der Waals surface area (Å²) in [5.41, 5.74) is -0.445. The van der Waals surface area contributed by atoms with Crippen molar-refractivity contribution in [2.75, 3.05) is 17.6 Å². The molecule has 0 saturated carbocycles. The molecule has 1 aliphatic rings. The molecule has 0 unspecified atom stereocenters. The molecule has 9 nitrogen and oxygen atoms in total. The molecule has 0 bridgehead atoms. The first-order valence-corrected chi connectivity index (χ1v) is 8.95. The number of imide groups is 1. The van der Waals surface area contributed by atoms with E-state index in [-0.39, 0.29) is 16.9 Å². The van der Waals surface area contributed by atoms with Crippen LogP contribution in [0.4, 0.5) is 11.4 Å². The second-order valence-electron chi connectivity index (χ2n) is 5.64. The molecule has 3 amide bonds. The zero-order valence-electron chi connectivity index (χ0n) is 14.2. The highest BCUT2D eigenvalue weighted by Gasteiger charge is 2.41. The molecular formula is C18H12N4O5S. The lowest BCUT2D eigenvalue weighted by molar-refractivity contribution is -0.385. The Hall–Kier alpha value is -3.71. The Morgan fingerprint density at radius 2 is 1.93 bits per heavy atom. The molecular weight excluding hydrogens is 384 g/mol. The van der Waals surface area contributed by atoms with Crippen LogP contribution >= 0.6 is 11.8 Å². The summed E-state index contributed by atoms with van der Waals surface area (Å²) in [4.78, 5) is 49.1. The summed E-state index contributed by atoms with van der Waals surface area (Å²) in [5.74, 6) is -2.09. The lowest BCUT2D eigenvalue weighted by atomic mass is 10.1. The van der Waals surface area contributed by atoms with E-state index in [1.807, 2.05) is 6.07 Å². The lowest BCUT2D eigenvalue weighted by Gasteiger charge is -2.15. The van der Waals surface area contributed by atoms with Crippen molar-refractivity contribution in [3.8, 4) is 6.07 Å². The number of anilines is 1. The van der Waals surface area contributed by atoms with Gasteiger partial charge in [-0.25, -0.2) is 0 Å². The maximum absolute atomic E-state index is 12.5. The number of benzene rings is 2. The Bertz CT molecular complexity index is 1050. The molecule has 0 saturated heterocycles. The predicted molar refractivity (Wildman–Crippen MR) is 99.9 cm³/mol. The van der Waals surface area contributed by atoms with Crippen LogP contribution in [0.25, 0.3) is 0 Å². The summed E-state index contributed by atoms with van der Waals surface area (Å²) in [7, 11) is 0. The van der Waals surface area contributed by atoms with Crippen LogP contribution < -0.4 is 5.32 Å².